The van der Waals surface area contributed by atoms with Crippen molar-refractivity contribution < 1.29 is 9.53 Å². The fraction of sp³-hybridized carbons (Fsp3) is 0.400. The van der Waals surface area contributed by atoms with Gasteiger partial charge in [-0.05, 0) is 50.1 Å². The molecule has 0 unspecified atom stereocenters. The molecule has 0 spiro atoms. The molecule has 3 rings (SSSR count). The fourth-order valence-electron chi connectivity index (χ4n) is 3.07. The molecule has 1 aliphatic rings. The lowest BCUT2D eigenvalue weighted by Crippen LogP contribution is -2.47. The molecule has 0 aliphatic carbocycles. The van der Waals surface area contributed by atoms with Crippen molar-refractivity contribution in [1.82, 2.24) is 15.2 Å². The largest absolute Gasteiger partial charge is 0.481 e. The first-order chi connectivity index (χ1) is 12.6. The normalized spacial score (nSPS) is 16.8. The summed E-state index contributed by atoms with van der Waals surface area (Å²) in [7, 11) is 0. The Morgan fingerprint density at radius 1 is 1.31 bits per heavy atom. The van der Waals surface area contributed by atoms with Crippen molar-refractivity contribution >= 4 is 17.5 Å². The number of ether oxygens (including phenoxy) is 1. The third-order valence-corrected chi connectivity index (χ3v) is 4.76. The van der Waals surface area contributed by atoms with E-state index in [0.29, 0.717) is 10.8 Å². The number of aromatic nitrogens is 1. The molecule has 5 nitrogen and oxygen atoms in total. The molecule has 6 heteroatoms. The van der Waals surface area contributed by atoms with E-state index >= 15 is 0 Å². The van der Waals surface area contributed by atoms with E-state index in [1.165, 1.54) is 0 Å². The van der Waals surface area contributed by atoms with Crippen molar-refractivity contribution in [2.24, 2.45) is 0 Å². The number of pyridine rings is 1. The van der Waals surface area contributed by atoms with Crippen LogP contribution in [0.1, 0.15) is 25.5 Å². The number of halogens is 1. The fourth-order valence-corrected chi connectivity index (χ4v) is 3.25. The van der Waals surface area contributed by atoms with Gasteiger partial charge in [-0.1, -0.05) is 23.7 Å². The van der Waals surface area contributed by atoms with Gasteiger partial charge in [0.1, 0.15) is 5.75 Å². The smallest absolute Gasteiger partial charge is 0.260 e. The number of rotatable bonds is 6. The van der Waals surface area contributed by atoms with Gasteiger partial charge in [-0.2, -0.15) is 0 Å². The molecule has 1 atom stereocenters. The van der Waals surface area contributed by atoms with Gasteiger partial charge in [-0.3, -0.25) is 14.7 Å². The summed E-state index contributed by atoms with van der Waals surface area (Å²) >= 11 is 5.95. The molecular weight excluding hydrogens is 350 g/mol. The van der Waals surface area contributed by atoms with Gasteiger partial charge in [0.25, 0.3) is 5.91 Å². The highest BCUT2D eigenvalue weighted by molar-refractivity contribution is 6.30. The summed E-state index contributed by atoms with van der Waals surface area (Å²) in [5, 5.41) is 3.69. The number of carbonyl (C=O) groups excluding carboxylic acids is 1. The first-order valence-corrected chi connectivity index (χ1v) is 9.33. The maximum absolute atomic E-state index is 12.4. The molecular formula is C20H24ClN3O2. The second kappa shape index (κ2) is 9.01. The summed E-state index contributed by atoms with van der Waals surface area (Å²) in [4.78, 5) is 19.1. The van der Waals surface area contributed by atoms with Gasteiger partial charge in [0.05, 0.1) is 5.69 Å². The Balaban J connectivity index is 1.42. The van der Waals surface area contributed by atoms with Gasteiger partial charge in [-0.15, -0.1) is 0 Å². The first kappa shape index (κ1) is 18.7. The van der Waals surface area contributed by atoms with Gasteiger partial charge >= 0.3 is 0 Å². The zero-order chi connectivity index (χ0) is 18.4. The Morgan fingerprint density at radius 2 is 2.12 bits per heavy atom. The molecule has 1 aromatic heterocycles. The number of benzene rings is 1. The lowest BCUT2D eigenvalue weighted by molar-refractivity contribution is -0.128. The van der Waals surface area contributed by atoms with Crippen LogP contribution < -0.4 is 10.1 Å². The number of nitrogens with one attached hydrogen (secondary N) is 1. The van der Waals surface area contributed by atoms with Crippen LogP contribution in [0.15, 0.2) is 48.7 Å². The molecule has 1 fully saturated rings. The van der Waals surface area contributed by atoms with E-state index in [9.17, 15) is 4.79 Å². The number of hydrogen-bond donors (Lipinski definition) is 1. The van der Waals surface area contributed by atoms with Crippen molar-refractivity contribution in [2.75, 3.05) is 13.1 Å². The van der Waals surface area contributed by atoms with E-state index in [4.69, 9.17) is 16.3 Å². The highest BCUT2D eigenvalue weighted by Gasteiger charge is 2.23. The number of amides is 1. The molecule has 2 aromatic rings. The number of nitrogens with zero attached hydrogens (tertiary/aromatic N) is 2. The van der Waals surface area contributed by atoms with Crippen LogP contribution in [0.4, 0.5) is 0 Å². The summed E-state index contributed by atoms with van der Waals surface area (Å²) in [6, 6.07) is 13.3. The van der Waals surface area contributed by atoms with Gasteiger partial charge in [0.2, 0.25) is 0 Å². The van der Waals surface area contributed by atoms with Crippen LogP contribution in [0.2, 0.25) is 5.02 Å². The van der Waals surface area contributed by atoms with Crippen molar-refractivity contribution in [3.63, 3.8) is 0 Å². The minimum absolute atomic E-state index is 0.0897. The number of piperidine rings is 1. The van der Waals surface area contributed by atoms with Crippen LogP contribution in [0.25, 0.3) is 0 Å². The highest BCUT2D eigenvalue weighted by atomic mass is 35.5. The van der Waals surface area contributed by atoms with Crippen LogP contribution in [0.3, 0.4) is 0 Å². The monoisotopic (exact) mass is 373 g/mol. The lowest BCUT2D eigenvalue weighted by Gasteiger charge is -2.32. The van der Waals surface area contributed by atoms with Crippen LogP contribution >= 0.6 is 11.6 Å². The maximum Gasteiger partial charge on any atom is 0.260 e. The second-order valence-corrected chi connectivity index (χ2v) is 7.03. The Morgan fingerprint density at radius 3 is 2.81 bits per heavy atom. The van der Waals surface area contributed by atoms with Crippen LogP contribution in [-0.4, -0.2) is 41.0 Å². The average molecular weight is 374 g/mol. The molecule has 0 bridgehead atoms. The predicted molar refractivity (Wildman–Crippen MR) is 102 cm³/mol. The van der Waals surface area contributed by atoms with E-state index in [1.807, 2.05) is 24.4 Å². The Labute approximate surface area is 159 Å². The maximum atomic E-state index is 12.4. The quantitative estimate of drug-likeness (QED) is 0.844. The Bertz CT molecular complexity index is 718. The first-order valence-electron chi connectivity index (χ1n) is 8.95. The SMILES string of the molecule is C[C@@H](Oc1cccc(Cl)c1)C(=O)NC1CCN(Cc2ccccn2)CC1. The van der Waals surface area contributed by atoms with Gasteiger partial charge in [0, 0.05) is 36.9 Å². The zero-order valence-corrected chi connectivity index (χ0v) is 15.7. The van der Waals surface area contributed by atoms with Crippen LogP contribution in [0.5, 0.6) is 5.75 Å². The van der Waals surface area contributed by atoms with Crippen LogP contribution in [0, 0.1) is 0 Å². The number of likely N-dealkylation sites (tertiary alicyclic amines) is 1. The van der Waals surface area contributed by atoms with Crippen molar-refractivity contribution in [3.05, 3.63) is 59.4 Å². The summed E-state index contributed by atoms with van der Waals surface area (Å²) in [6.45, 7) is 4.51. The number of hydrogen-bond acceptors (Lipinski definition) is 4. The van der Waals surface area contributed by atoms with E-state index in [-0.39, 0.29) is 11.9 Å². The topological polar surface area (TPSA) is 54.5 Å². The van der Waals surface area contributed by atoms with E-state index in [2.05, 4.69) is 15.2 Å². The van der Waals surface area contributed by atoms with Gasteiger partial charge in [-0.25, -0.2) is 0 Å². The van der Waals surface area contributed by atoms with E-state index < -0.39 is 6.10 Å². The third-order valence-electron chi connectivity index (χ3n) is 4.52. The van der Waals surface area contributed by atoms with Crippen molar-refractivity contribution in [2.45, 2.75) is 38.5 Å². The lowest BCUT2D eigenvalue weighted by atomic mass is 10.0. The molecule has 0 radical (unpaired) electrons. The average Bonchev–Trinajstić information content (AvgIpc) is 2.64. The minimum atomic E-state index is -0.556. The summed E-state index contributed by atoms with van der Waals surface area (Å²) in [6.07, 6.45) is 3.13. The summed E-state index contributed by atoms with van der Waals surface area (Å²) < 4.78 is 5.68. The molecule has 1 saturated heterocycles. The van der Waals surface area contributed by atoms with E-state index in [0.717, 1.165) is 38.2 Å². The second-order valence-electron chi connectivity index (χ2n) is 6.60. The molecule has 2 heterocycles. The van der Waals surface area contributed by atoms with Gasteiger partial charge < -0.3 is 10.1 Å². The molecule has 1 amide bonds. The number of carbonyl (C=O) groups is 1. The van der Waals surface area contributed by atoms with Crippen molar-refractivity contribution in [3.8, 4) is 5.75 Å². The van der Waals surface area contributed by atoms with E-state index in [1.54, 1.807) is 31.2 Å². The zero-order valence-electron chi connectivity index (χ0n) is 14.9. The molecule has 1 N–H and O–H groups in total. The summed E-state index contributed by atoms with van der Waals surface area (Å²) in [5.41, 5.74) is 1.08. The van der Waals surface area contributed by atoms with Gasteiger partial charge in [0.15, 0.2) is 6.10 Å². The molecule has 138 valence electrons. The molecule has 0 saturated carbocycles. The third kappa shape index (κ3) is 5.44. The molecule has 1 aromatic carbocycles. The molecule has 1 aliphatic heterocycles. The highest BCUT2D eigenvalue weighted by Crippen LogP contribution is 2.19. The molecule has 26 heavy (non-hydrogen) atoms. The van der Waals surface area contributed by atoms with Crippen LogP contribution in [-0.2, 0) is 11.3 Å². The Kier molecular flexibility index (Phi) is 6.47. The standard InChI is InChI=1S/C20H24ClN3O2/c1-15(26-19-7-4-5-16(21)13-19)20(25)23-17-8-11-24(12-9-17)14-18-6-2-3-10-22-18/h2-7,10,13,15,17H,8-9,11-12,14H2,1H3,(H,23,25)/t15-/m1/s1. The predicted octanol–water partition coefficient (Wildman–Crippen LogP) is 3.28. The minimum Gasteiger partial charge on any atom is -0.481 e. The van der Waals surface area contributed by atoms with Crippen molar-refractivity contribution in [1.29, 1.82) is 0 Å². The summed E-state index contributed by atoms with van der Waals surface area (Å²) in [5.74, 6) is 0.512. The Hall–Kier alpha value is -2.11.